The van der Waals surface area contributed by atoms with Crippen molar-refractivity contribution in [1.29, 1.82) is 0 Å². The summed E-state index contributed by atoms with van der Waals surface area (Å²) in [7, 11) is -2.03. The second-order valence-corrected chi connectivity index (χ2v) is 8.50. The summed E-state index contributed by atoms with van der Waals surface area (Å²) in [6.07, 6.45) is 0.327. The van der Waals surface area contributed by atoms with Crippen LogP contribution in [0.15, 0.2) is 21.7 Å². The van der Waals surface area contributed by atoms with E-state index in [0.29, 0.717) is 13.0 Å². The highest BCUT2D eigenvalue weighted by Gasteiger charge is 2.22. The third kappa shape index (κ3) is 6.21. The molecule has 0 aromatic carbocycles. The van der Waals surface area contributed by atoms with Crippen molar-refractivity contribution in [3.63, 3.8) is 0 Å². The number of nitrogens with zero attached hydrogens (tertiary/aromatic N) is 1. The lowest BCUT2D eigenvalue weighted by molar-refractivity contribution is -0.154. The largest absolute Gasteiger partial charge is 0.453 e. The number of hydrogen-bond acceptors (Lipinski definition) is 6. The van der Waals surface area contributed by atoms with Gasteiger partial charge in [-0.25, -0.2) is 12.7 Å². The molecule has 1 N–H and O–H groups in total. The van der Waals surface area contributed by atoms with Gasteiger partial charge in [-0.1, -0.05) is 13.0 Å². The van der Waals surface area contributed by atoms with E-state index in [2.05, 4.69) is 5.32 Å². The molecule has 0 aliphatic heterocycles. The van der Waals surface area contributed by atoms with E-state index in [1.54, 1.807) is 17.5 Å². The van der Waals surface area contributed by atoms with Crippen LogP contribution in [0, 0.1) is 0 Å². The van der Waals surface area contributed by atoms with E-state index in [9.17, 15) is 18.0 Å². The number of carbonyl (C=O) groups excluding carboxylic acids is 2. The van der Waals surface area contributed by atoms with Crippen molar-refractivity contribution in [3.8, 4) is 0 Å². The maximum absolute atomic E-state index is 12.2. The van der Waals surface area contributed by atoms with E-state index >= 15 is 0 Å². The highest BCUT2D eigenvalue weighted by molar-refractivity contribution is 7.91. The minimum Gasteiger partial charge on any atom is -0.453 e. The molecular weight excluding hydrogens is 352 g/mol. The van der Waals surface area contributed by atoms with Gasteiger partial charge in [-0.3, -0.25) is 9.59 Å². The smallest absolute Gasteiger partial charge is 0.306 e. The van der Waals surface area contributed by atoms with Crippen molar-refractivity contribution in [1.82, 2.24) is 9.62 Å². The Morgan fingerprint density at radius 2 is 2.12 bits per heavy atom. The average molecular weight is 376 g/mol. The Morgan fingerprint density at radius 3 is 2.71 bits per heavy atom. The number of hydrogen-bond donors (Lipinski definition) is 1. The predicted octanol–water partition coefficient (Wildman–Crippen LogP) is 1.61. The second-order valence-electron chi connectivity index (χ2n) is 5.29. The molecule has 1 rings (SSSR count). The van der Waals surface area contributed by atoms with Gasteiger partial charge < -0.3 is 10.1 Å². The van der Waals surface area contributed by atoms with E-state index in [1.807, 2.05) is 6.92 Å². The Kier molecular flexibility index (Phi) is 8.37. The molecule has 7 nitrogen and oxygen atoms in total. The summed E-state index contributed by atoms with van der Waals surface area (Å²) in [4.78, 5) is 23.3. The number of ether oxygens (including phenoxy) is 1. The van der Waals surface area contributed by atoms with E-state index < -0.39 is 22.1 Å². The topological polar surface area (TPSA) is 92.8 Å². The molecule has 0 spiro atoms. The van der Waals surface area contributed by atoms with Gasteiger partial charge in [0.15, 0.2) is 6.10 Å². The fraction of sp³-hybridized carbons (Fsp3) is 0.600. The van der Waals surface area contributed by atoms with Gasteiger partial charge in [0.25, 0.3) is 15.9 Å². The Bertz CT molecular complexity index is 628. The number of carbonyl (C=O) groups is 2. The van der Waals surface area contributed by atoms with Crippen molar-refractivity contribution < 1.29 is 22.7 Å². The highest BCUT2D eigenvalue weighted by atomic mass is 32.2. The van der Waals surface area contributed by atoms with Crippen LogP contribution in [0.1, 0.15) is 33.1 Å². The van der Waals surface area contributed by atoms with Crippen molar-refractivity contribution >= 4 is 33.2 Å². The molecule has 1 aromatic rings. The van der Waals surface area contributed by atoms with Gasteiger partial charge in [0.2, 0.25) is 0 Å². The molecule has 0 aliphatic carbocycles. The third-order valence-corrected chi connectivity index (χ3v) is 6.47. The molecule has 9 heteroatoms. The average Bonchev–Trinajstić information content (AvgIpc) is 3.07. The van der Waals surface area contributed by atoms with Crippen LogP contribution in [0.5, 0.6) is 0 Å². The highest BCUT2D eigenvalue weighted by Crippen LogP contribution is 2.20. The van der Waals surface area contributed by atoms with Gasteiger partial charge in [-0.2, -0.15) is 0 Å². The molecule has 1 unspecified atom stereocenters. The SMILES string of the molecule is CCCNC(=O)C(C)OC(=O)CCCN(C)S(=O)(=O)c1cccs1. The molecule has 0 bridgehead atoms. The molecule has 136 valence electrons. The van der Waals surface area contributed by atoms with Crippen molar-refractivity contribution in [2.45, 2.75) is 43.4 Å². The summed E-state index contributed by atoms with van der Waals surface area (Å²) in [5.74, 6) is -0.848. The Balaban J connectivity index is 2.36. The molecular formula is C15H24N2O5S2. The Hall–Kier alpha value is -1.45. The number of thiophene rings is 1. The van der Waals surface area contributed by atoms with Crippen LogP contribution >= 0.6 is 11.3 Å². The van der Waals surface area contributed by atoms with Crippen LogP contribution in [0.4, 0.5) is 0 Å². The lowest BCUT2D eigenvalue weighted by atomic mass is 10.3. The quantitative estimate of drug-likeness (QED) is 0.626. The minimum atomic E-state index is -3.50. The Morgan fingerprint density at radius 1 is 1.42 bits per heavy atom. The first kappa shape index (κ1) is 20.6. The van der Waals surface area contributed by atoms with Crippen LogP contribution in [0.3, 0.4) is 0 Å². The number of rotatable bonds is 10. The van der Waals surface area contributed by atoms with E-state index in [0.717, 1.165) is 17.8 Å². The standard InChI is InChI=1S/C15H24N2O5S2/c1-4-9-16-15(19)12(2)22-13(18)7-5-10-17(3)24(20,21)14-8-6-11-23-14/h6,8,11-12H,4-5,7,9-10H2,1-3H3,(H,16,19). The van der Waals surface area contributed by atoms with Crippen molar-refractivity contribution in [3.05, 3.63) is 17.5 Å². The summed E-state index contributed by atoms with van der Waals surface area (Å²) in [6.45, 7) is 4.17. The molecule has 0 saturated heterocycles. The second kappa shape index (κ2) is 9.75. The maximum atomic E-state index is 12.2. The zero-order chi connectivity index (χ0) is 18.2. The van der Waals surface area contributed by atoms with Gasteiger partial charge >= 0.3 is 5.97 Å². The van der Waals surface area contributed by atoms with Gasteiger partial charge in [0.1, 0.15) is 4.21 Å². The van der Waals surface area contributed by atoms with Gasteiger partial charge in [0.05, 0.1) is 0 Å². The van der Waals surface area contributed by atoms with Gasteiger partial charge in [-0.15, -0.1) is 11.3 Å². The number of nitrogens with one attached hydrogen (secondary N) is 1. The van der Waals surface area contributed by atoms with Crippen LogP contribution in [0.25, 0.3) is 0 Å². The summed E-state index contributed by atoms with van der Waals surface area (Å²) >= 11 is 1.15. The molecule has 0 radical (unpaired) electrons. The molecule has 1 aromatic heterocycles. The third-order valence-electron chi connectivity index (χ3n) is 3.24. The molecule has 1 heterocycles. The summed E-state index contributed by atoms with van der Waals surface area (Å²) in [5.41, 5.74) is 0. The monoisotopic (exact) mass is 376 g/mol. The number of amides is 1. The van der Waals surface area contributed by atoms with Crippen LogP contribution in [-0.4, -0.2) is 50.8 Å². The van der Waals surface area contributed by atoms with E-state index in [4.69, 9.17) is 4.74 Å². The first-order valence-electron chi connectivity index (χ1n) is 7.76. The normalized spacial score (nSPS) is 12.8. The van der Waals surface area contributed by atoms with Crippen molar-refractivity contribution in [2.75, 3.05) is 20.1 Å². The van der Waals surface area contributed by atoms with E-state index in [1.165, 1.54) is 18.3 Å². The summed E-state index contributed by atoms with van der Waals surface area (Å²) < 4.78 is 30.9. The summed E-state index contributed by atoms with van der Waals surface area (Å²) in [6, 6.07) is 3.22. The maximum Gasteiger partial charge on any atom is 0.306 e. The number of esters is 1. The molecule has 1 amide bonds. The van der Waals surface area contributed by atoms with Crippen LogP contribution in [0.2, 0.25) is 0 Å². The van der Waals surface area contributed by atoms with Gasteiger partial charge in [-0.05, 0) is 31.2 Å². The number of sulfonamides is 1. The van der Waals surface area contributed by atoms with Crippen LogP contribution < -0.4 is 5.32 Å². The zero-order valence-corrected chi connectivity index (χ0v) is 15.8. The molecule has 0 fully saturated rings. The Labute approximate surface area is 147 Å². The fourth-order valence-electron chi connectivity index (χ4n) is 1.83. The van der Waals surface area contributed by atoms with Crippen molar-refractivity contribution in [2.24, 2.45) is 0 Å². The molecule has 0 saturated carbocycles. The minimum absolute atomic E-state index is 0.0513. The lowest BCUT2D eigenvalue weighted by Crippen LogP contribution is -2.36. The fourth-order valence-corrected chi connectivity index (χ4v) is 4.24. The molecule has 0 aliphatic rings. The molecule has 1 atom stereocenters. The first-order chi connectivity index (χ1) is 11.3. The van der Waals surface area contributed by atoms with Crippen LogP contribution in [-0.2, 0) is 24.3 Å². The predicted molar refractivity (Wildman–Crippen MR) is 92.2 cm³/mol. The first-order valence-corrected chi connectivity index (χ1v) is 10.1. The molecule has 24 heavy (non-hydrogen) atoms. The lowest BCUT2D eigenvalue weighted by Gasteiger charge is -2.16. The zero-order valence-electron chi connectivity index (χ0n) is 14.1. The van der Waals surface area contributed by atoms with E-state index in [-0.39, 0.29) is 23.1 Å². The summed E-state index contributed by atoms with van der Waals surface area (Å²) in [5, 5.41) is 4.34. The van der Waals surface area contributed by atoms with Gasteiger partial charge in [0, 0.05) is 26.6 Å².